The first kappa shape index (κ1) is 16.7. The molecule has 1 unspecified atom stereocenters. The minimum Gasteiger partial charge on any atom is -0.394 e. The molecule has 0 aliphatic rings. The maximum atomic E-state index is 11.4. The zero-order valence-electron chi connectivity index (χ0n) is 10.6. The van der Waals surface area contributed by atoms with Crippen molar-refractivity contribution in [3.8, 4) is 0 Å². The van der Waals surface area contributed by atoms with Gasteiger partial charge in [0.1, 0.15) is 0 Å². The summed E-state index contributed by atoms with van der Waals surface area (Å²) in [7, 11) is 0. The molecule has 0 bridgehead atoms. The predicted molar refractivity (Wildman–Crippen MR) is 76.0 cm³/mol. The summed E-state index contributed by atoms with van der Waals surface area (Å²) < 4.78 is 0. The number of amides is 1. The second-order valence-corrected chi connectivity index (χ2v) is 5.33. The summed E-state index contributed by atoms with van der Waals surface area (Å²) in [6.07, 6.45) is 0. The topological polar surface area (TPSA) is 92.5 Å². The van der Waals surface area contributed by atoms with Gasteiger partial charge >= 0.3 is 0 Å². The Hall–Kier alpha value is -1.37. The fraction of sp³-hybridized carbons (Fsp3) is 0.417. The Balaban J connectivity index is 2.82. The molecule has 1 rings (SSSR count). The van der Waals surface area contributed by atoms with Crippen LogP contribution >= 0.6 is 23.2 Å². The van der Waals surface area contributed by atoms with Crippen LogP contribution in [0, 0.1) is 10.1 Å². The molecule has 0 heterocycles. The van der Waals surface area contributed by atoms with Gasteiger partial charge in [0, 0.05) is 18.1 Å². The van der Waals surface area contributed by atoms with E-state index < -0.39 is 21.7 Å². The van der Waals surface area contributed by atoms with Gasteiger partial charge in [0.25, 0.3) is 11.6 Å². The van der Waals surface area contributed by atoms with Crippen LogP contribution in [0.25, 0.3) is 0 Å². The van der Waals surface area contributed by atoms with Crippen molar-refractivity contribution in [2.24, 2.45) is 0 Å². The predicted octanol–water partition coefficient (Wildman–Crippen LogP) is 1.98. The van der Waals surface area contributed by atoms with Gasteiger partial charge in [-0.25, -0.2) is 0 Å². The second-order valence-electron chi connectivity index (χ2n) is 4.24. The summed E-state index contributed by atoms with van der Waals surface area (Å²) in [6.45, 7) is 1.48. The van der Waals surface area contributed by atoms with Crippen molar-refractivity contribution in [2.45, 2.75) is 23.7 Å². The van der Waals surface area contributed by atoms with Crippen molar-refractivity contribution in [1.82, 2.24) is 5.32 Å². The van der Waals surface area contributed by atoms with Crippen molar-refractivity contribution >= 4 is 34.8 Å². The molecule has 110 valence electrons. The third kappa shape index (κ3) is 4.33. The Kier molecular flexibility index (Phi) is 6.19. The first-order valence-electron chi connectivity index (χ1n) is 5.80. The lowest BCUT2D eigenvalue weighted by atomic mass is 9.93. The molecule has 20 heavy (non-hydrogen) atoms. The molecule has 1 aromatic rings. The van der Waals surface area contributed by atoms with Crippen molar-refractivity contribution in [3.05, 3.63) is 39.9 Å². The number of nitrogens with zero attached hydrogens (tertiary/aromatic N) is 1. The molecule has 0 saturated carbocycles. The van der Waals surface area contributed by atoms with E-state index in [0.29, 0.717) is 0 Å². The molecule has 8 heteroatoms. The highest BCUT2D eigenvalue weighted by Gasteiger charge is 2.23. The minimum absolute atomic E-state index is 0.0212. The fourth-order valence-corrected chi connectivity index (χ4v) is 1.83. The average Bonchev–Trinajstić information content (AvgIpc) is 2.43. The van der Waals surface area contributed by atoms with E-state index in [9.17, 15) is 20.0 Å². The molecule has 1 amide bonds. The maximum absolute atomic E-state index is 11.4. The zero-order valence-corrected chi connectivity index (χ0v) is 12.1. The van der Waals surface area contributed by atoms with Crippen LogP contribution in [0.2, 0.25) is 0 Å². The van der Waals surface area contributed by atoms with Gasteiger partial charge in [0.2, 0.25) is 0 Å². The maximum Gasteiger partial charge on any atom is 0.269 e. The van der Waals surface area contributed by atoms with Gasteiger partial charge in [-0.3, -0.25) is 14.9 Å². The number of nitro groups is 1. The summed E-state index contributed by atoms with van der Waals surface area (Å²) in [5, 5.41) is 22.4. The largest absolute Gasteiger partial charge is 0.394 e. The van der Waals surface area contributed by atoms with E-state index in [-0.39, 0.29) is 18.2 Å². The van der Waals surface area contributed by atoms with Gasteiger partial charge in [0.05, 0.1) is 17.6 Å². The molecule has 0 aliphatic carbocycles. The van der Waals surface area contributed by atoms with Gasteiger partial charge in [-0.15, -0.1) is 0 Å². The van der Waals surface area contributed by atoms with Crippen LogP contribution in [0.15, 0.2) is 24.3 Å². The molecule has 0 aromatic heterocycles. The molecule has 2 N–H and O–H groups in total. The van der Waals surface area contributed by atoms with Gasteiger partial charge in [-0.2, -0.15) is 0 Å². The number of nitrogens with one attached hydrogen (secondary N) is 1. The van der Waals surface area contributed by atoms with E-state index in [4.69, 9.17) is 23.2 Å². The number of aliphatic hydroxyl groups is 1. The standard InChI is InChI=1S/C12H14Cl2N2O4/c1-7(10(6-17)15-12(18)11(13)14)8-2-4-9(5-3-8)16(19)20/h2-5,7,10-11,17H,6H2,1H3,(H,15,18)/t7-,10?/m0/s1. The van der Waals surface area contributed by atoms with E-state index in [1.54, 1.807) is 19.1 Å². The van der Waals surface area contributed by atoms with E-state index in [1.165, 1.54) is 12.1 Å². The van der Waals surface area contributed by atoms with E-state index in [1.807, 2.05) is 0 Å². The highest BCUT2D eigenvalue weighted by molar-refractivity contribution is 6.53. The minimum atomic E-state index is -1.21. The Morgan fingerprint density at radius 1 is 1.40 bits per heavy atom. The van der Waals surface area contributed by atoms with Gasteiger partial charge in [-0.1, -0.05) is 42.3 Å². The summed E-state index contributed by atoms with van der Waals surface area (Å²) in [5.74, 6) is -0.849. The molecule has 0 spiro atoms. The first-order valence-corrected chi connectivity index (χ1v) is 6.67. The Bertz CT molecular complexity index is 479. The molecule has 6 nitrogen and oxygen atoms in total. The fourth-order valence-electron chi connectivity index (χ4n) is 1.71. The van der Waals surface area contributed by atoms with Gasteiger partial charge in [0.15, 0.2) is 4.84 Å². The quantitative estimate of drug-likeness (QED) is 0.476. The summed E-state index contributed by atoms with van der Waals surface area (Å²) in [6, 6.07) is 5.32. The molecular weight excluding hydrogens is 307 g/mol. The number of non-ortho nitro benzene ring substituents is 1. The van der Waals surface area contributed by atoms with E-state index in [2.05, 4.69) is 5.32 Å². The lowest BCUT2D eigenvalue weighted by Crippen LogP contribution is -2.43. The summed E-state index contributed by atoms with van der Waals surface area (Å²) in [5.41, 5.74) is 0.725. The van der Waals surface area contributed by atoms with Crippen LogP contribution in [-0.4, -0.2) is 33.4 Å². The van der Waals surface area contributed by atoms with Crippen molar-refractivity contribution in [1.29, 1.82) is 0 Å². The van der Waals surface area contributed by atoms with Gasteiger partial charge in [-0.05, 0) is 5.56 Å². The lowest BCUT2D eigenvalue weighted by Gasteiger charge is -2.23. The molecule has 0 saturated heterocycles. The number of carbonyl (C=O) groups is 1. The van der Waals surface area contributed by atoms with E-state index >= 15 is 0 Å². The summed E-state index contributed by atoms with van der Waals surface area (Å²) in [4.78, 5) is 20.3. The number of benzene rings is 1. The van der Waals surface area contributed by atoms with E-state index in [0.717, 1.165) is 5.56 Å². The molecule has 0 radical (unpaired) electrons. The van der Waals surface area contributed by atoms with Crippen LogP contribution in [0.3, 0.4) is 0 Å². The molecule has 1 aromatic carbocycles. The Morgan fingerprint density at radius 2 is 1.95 bits per heavy atom. The van der Waals surface area contributed by atoms with Crippen LogP contribution in [0.4, 0.5) is 5.69 Å². The SMILES string of the molecule is C[C@@H](c1ccc([N+](=O)[O-])cc1)C(CO)NC(=O)C(Cl)Cl. The third-order valence-corrected chi connectivity index (χ3v) is 3.35. The Labute approximate surface area is 125 Å². The zero-order chi connectivity index (χ0) is 15.3. The number of halogens is 2. The van der Waals surface area contributed by atoms with Crippen molar-refractivity contribution < 1.29 is 14.8 Å². The molecule has 0 aliphatic heterocycles. The van der Waals surface area contributed by atoms with Crippen LogP contribution < -0.4 is 5.32 Å². The van der Waals surface area contributed by atoms with Crippen LogP contribution in [0.1, 0.15) is 18.4 Å². The molecule has 2 atom stereocenters. The monoisotopic (exact) mass is 320 g/mol. The van der Waals surface area contributed by atoms with Crippen molar-refractivity contribution in [2.75, 3.05) is 6.61 Å². The number of nitro benzene ring substituents is 1. The number of carbonyl (C=O) groups excluding carboxylic acids is 1. The van der Waals surface area contributed by atoms with Crippen molar-refractivity contribution in [3.63, 3.8) is 0 Å². The number of hydrogen-bond donors (Lipinski definition) is 2. The lowest BCUT2D eigenvalue weighted by molar-refractivity contribution is -0.384. The third-order valence-electron chi connectivity index (χ3n) is 2.96. The van der Waals surface area contributed by atoms with Crippen LogP contribution in [0.5, 0.6) is 0 Å². The molecular formula is C12H14Cl2N2O4. The van der Waals surface area contributed by atoms with Gasteiger partial charge < -0.3 is 10.4 Å². The number of aliphatic hydroxyl groups excluding tert-OH is 1. The second kappa shape index (κ2) is 7.42. The van der Waals surface area contributed by atoms with Crippen LogP contribution in [-0.2, 0) is 4.79 Å². The Morgan fingerprint density at radius 3 is 2.35 bits per heavy atom. The average molecular weight is 321 g/mol. The highest BCUT2D eigenvalue weighted by Crippen LogP contribution is 2.22. The normalized spacial score (nSPS) is 13.8. The first-order chi connectivity index (χ1) is 9.36. The summed E-state index contributed by atoms with van der Waals surface area (Å²) >= 11 is 10.9. The number of hydrogen-bond acceptors (Lipinski definition) is 4. The number of alkyl halides is 2. The smallest absolute Gasteiger partial charge is 0.269 e. The highest BCUT2D eigenvalue weighted by atomic mass is 35.5. The number of rotatable bonds is 6. The molecule has 0 fully saturated rings.